The van der Waals surface area contributed by atoms with Gasteiger partial charge in [0.1, 0.15) is 0 Å². The van der Waals surface area contributed by atoms with Crippen molar-refractivity contribution < 1.29 is 26.7 Å². The first-order valence-electron chi connectivity index (χ1n) is 6.82. The highest BCUT2D eigenvalue weighted by molar-refractivity contribution is 7.90. The molecule has 0 aromatic heterocycles. The minimum atomic E-state index is -3.93. The molecular formula is C13H18N2O6S2. The van der Waals surface area contributed by atoms with Gasteiger partial charge in [-0.1, -0.05) is 6.07 Å². The van der Waals surface area contributed by atoms with Crippen molar-refractivity contribution >= 4 is 26.0 Å². The first kappa shape index (κ1) is 17.9. The van der Waals surface area contributed by atoms with Crippen LogP contribution in [0.2, 0.25) is 0 Å². The average molecular weight is 362 g/mol. The van der Waals surface area contributed by atoms with Crippen LogP contribution in [0.4, 0.5) is 0 Å². The van der Waals surface area contributed by atoms with Crippen molar-refractivity contribution in [3.05, 3.63) is 24.3 Å². The third-order valence-electron chi connectivity index (χ3n) is 3.72. The van der Waals surface area contributed by atoms with Crippen LogP contribution in [0.1, 0.15) is 6.42 Å². The molecule has 23 heavy (non-hydrogen) atoms. The van der Waals surface area contributed by atoms with E-state index in [1.165, 1.54) is 32.3 Å². The summed E-state index contributed by atoms with van der Waals surface area (Å²) in [6, 6.07) is 5.07. The van der Waals surface area contributed by atoms with Gasteiger partial charge in [0.2, 0.25) is 20.0 Å². The lowest BCUT2D eigenvalue weighted by atomic mass is 10.1. The molecule has 1 aromatic rings. The molecule has 1 aliphatic heterocycles. The number of carboxylic acids is 1. The standard InChI is InChI=1S/C13H18N2O6S2/c1-14(2)22(18,19)11-4-3-5-12(8-11)23(20,21)15-7-6-10(9-15)13(16)17/h3-5,8,10H,6-7,9H2,1-2H3,(H,16,17). The summed E-state index contributed by atoms with van der Waals surface area (Å²) < 4.78 is 51.5. The summed E-state index contributed by atoms with van der Waals surface area (Å²) in [5.41, 5.74) is 0. The number of nitrogens with zero attached hydrogens (tertiary/aromatic N) is 2. The number of benzene rings is 1. The minimum Gasteiger partial charge on any atom is -0.481 e. The molecule has 0 spiro atoms. The fourth-order valence-corrected chi connectivity index (χ4v) is 4.87. The number of aliphatic carboxylic acids is 1. The molecule has 0 bridgehead atoms. The third kappa shape index (κ3) is 3.39. The molecule has 1 fully saturated rings. The molecule has 128 valence electrons. The molecule has 1 aliphatic rings. The van der Waals surface area contributed by atoms with E-state index in [0.29, 0.717) is 0 Å². The van der Waals surface area contributed by atoms with Crippen molar-refractivity contribution in [1.82, 2.24) is 8.61 Å². The van der Waals surface area contributed by atoms with Crippen molar-refractivity contribution in [2.75, 3.05) is 27.2 Å². The Labute approximate surface area is 135 Å². The van der Waals surface area contributed by atoms with Crippen LogP contribution in [-0.4, -0.2) is 63.7 Å². The van der Waals surface area contributed by atoms with E-state index in [1.807, 2.05) is 0 Å². The van der Waals surface area contributed by atoms with Crippen LogP contribution >= 0.6 is 0 Å². The lowest BCUT2D eigenvalue weighted by molar-refractivity contribution is -0.141. The van der Waals surface area contributed by atoms with E-state index in [-0.39, 0.29) is 29.3 Å². The zero-order valence-electron chi connectivity index (χ0n) is 12.7. The summed E-state index contributed by atoms with van der Waals surface area (Å²) in [6.07, 6.45) is 0.240. The van der Waals surface area contributed by atoms with E-state index in [9.17, 15) is 21.6 Å². The average Bonchev–Trinajstić information content (AvgIpc) is 2.98. The Bertz CT molecular complexity index is 817. The van der Waals surface area contributed by atoms with E-state index in [2.05, 4.69) is 0 Å². The molecule has 1 atom stereocenters. The molecule has 1 saturated heterocycles. The van der Waals surface area contributed by atoms with E-state index in [1.54, 1.807) is 0 Å². The summed E-state index contributed by atoms with van der Waals surface area (Å²) in [7, 11) is -4.97. The van der Waals surface area contributed by atoms with E-state index in [4.69, 9.17) is 5.11 Å². The number of rotatable bonds is 5. The molecule has 1 N–H and O–H groups in total. The molecule has 1 aromatic carbocycles. The Kier molecular flexibility index (Phi) is 4.81. The fraction of sp³-hybridized carbons (Fsp3) is 0.462. The lowest BCUT2D eigenvalue weighted by Crippen LogP contribution is -2.30. The summed E-state index contributed by atoms with van der Waals surface area (Å²) >= 11 is 0. The summed E-state index contributed by atoms with van der Waals surface area (Å²) in [4.78, 5) is 10.7. The highest BCUT2D eigenvalue weighted by Crippen LogP contribution is 2.26. The van der Waals surface area contributed by atoms with Gasteiger partial charge in [0, 0.05) is 27.2 Å². The number of hydrogen-bond donors (Lipinski definition) is 1. The Morgan fingerprint density at radius 3 is 2.35 bits per heavy atom. The highest BCUT2D eigenvalue weighted by Gasteiger charge is 2.36. The van der Waals surface area contributed by atoms with E-state index >= 15 is 0 Å². The van der Waals surface area contributed by atoms with Crippen molar-refractivity contribution in [3.63, 3.8) is 0 Å². The van der Waals surface area contributed by atoms with Gasteiger partial charge in [0.15, 0.2) is 0 Å². The van der Waals surface area contributed by atoms with Gasteiger partial charge in [0.25, 0.3) is 0 Å². The smallest absolute Gasteiger partial charge is 0.307 e. The van der Waals surface area contributed by atoms with Crippen LogP contribution in [0.3, 0.4) is 0 Å². The van der Waals surface area contributed by atoms with Crippen molar-refractivity contribution in [2.45, 2.75) is 16.2 Å². The van der Waals surface area contributed by atoms with Crippen molar-refractivity contribution in [1.29, 1.82) is 0 Å². The molecular weight excluding hydrogens is 344 g/mol. The highest BCUT2D eigenvalue weighted by atomic mass is 32.2. The zero-order chi connectivity index (χ0) is 17.4. The van der Waals surface area contributed by atoms with Crippen molar-refractivity contribution in [2.24, 2.45) is 5.92 Å². The molecule has 2 rings (SSSR count). The first-order valence-corrected chi connectivity index (χ1v) is 9.70. The maximum Gasteiger partial charge on any atom is 0.307 e. The van der Waals surface area contributed by atoms with Gasteiger partial charge in [-0.05, 0) is 24.6 Å². The quantitative estimate of drug-likeness (QED) is 0.791. The maximum absolute atomic E-state index is 12.6. The molecule has 0 amide bonds. The Morgan fingerprint density at radius 1 is 1.22 bits per heavy atom. The van der Waals surface area contributed by atoms with Gasteiger partial charge < -0.3 is 5.11 Å². The zero-order valence-corrected chi connectivity index (χ0v) is 14.3. The predicted molar refractivity (Wildman–Crippen MR) is 81.8 cm³/mol. The fourth-order valence-electron chi connectivity index (χ4n) is 2.30. The predicted octanol–water partition coefficient (Wildman–Crippen LogP) is 0.0321. The second-order valence-electron chi connectivity index (χ2n) is 5.45. The van der Waals surface area contributed by atoms with Crippen molar-refractivity contribution in [3.8, 4) is 0 Å². The monoisotopic (exact) mass is 362 g/mol. The Hall–Kier alpha value is -1.49. The SMILES string of the molecule is CN(C)S(=O)(=O)c1cccc(S(=O)(=O)N2CCC(C(=O)O)C2)c1. The van der Waals surface area contributed by atoms with Crippen LogP contribution in [0.25, 0.3) is 0 Å². The Balaban J connectivity index is 2.37. The molecule has 8 nitrogen and oxygen atoms in total. The van der Waals surface area contributed by atoms with Gasteiger partial charge in [-0.15, -0.1) is 0 Å². The van der Waals surface area contributed by atoms with Crippen LogP contribution in [0, 0.1) is 5.92 Å². The second-order valence-corrected chi connectivity index (χ2v) is 9.54. The van der Waals surface area contributed by atoms with Crippen LogP contribution < -0.4 is 0 Å². The number of sulfonamides is 2. The van der Waals surface area contributed by atoms with Gasteiger partial charge in [-0.3, -0.25) is 4.79 Å². The van der Waals surface area contributed by atoms with Gasteiger partial charge in [-0.25, -0.2) is 21.1 Å². The third-order valence-corrected chi connectivity index (χ3v) is 7.39. The summed E-state index contributed by atoms with van der Waals surface area (Å²) in [5, 5.41) is 8.97. The van der Waals surface area contributed by atoms with Crippen LogP contribution in [0.5, 0.6) is 0 Å². The normalized spacial score (nSPS) is 20.0. The van der Waals surface area contributed by atoms with Crippen LogP contribution in [0.15, 0.2) is 34.1 Å². The first-order chi connectivity index (χ1) is 10.6. The molecule has 0 radical (unpaired) electrons. The van der Waals surface area contributed by atoms with Gasteiger partial charge >= 0.3 is 5.97 Å². The lowest BCUT2D eigenvalue weighted by Gasteiger charge is -2.17. The number of carboxylic acid groups (broad SMARTS) is 1. The number of carbonyl (C=O) groups is 1. The topological polar surface area (TPSA) is 112 Å². The molecule has 1 unspecified atom stereocenters. The second kappa shape index (κ2) is 6.19. The molecule has 0 saturated carbocycles. The van der Waals surface area contributed by atoms with E-state index in [0.717, 1.165) is 14.7 Å². The largest absolute Gasteiger partial charge is 0.481 e. The summed E-state index contributed by atoms with van der Waals surface area (Å²) in [6.45, 7) is -0.00766. The molecule has 0 aliphatic carbocycles. The number of hydrogen-bond acceptors (Lipinski definition) is 5. The van der Waals surface area contributed by atoms with Gasteiger partial charge in [-0.2, -0.15) is 4.31 Å². The molecule has 10 heteroatoms. The maximum atomic E-state index is 12.6. The molecule has 1 heterocycles. The van der Waals surface area contributed by atoms with Crippen LogP contribution in [-0.2, 0) is 24.8 Å². The van der Waals surface area contributed by atoms with E-state index < -0.39 is 31.9 Å². The summed E-state index contributed by atoms with van der Waals surface area (Å²) in [5.74, 6) is -1.77. The minimum absolute atomic E-state index is 0.101. The van der Waals surface area contributed by atoms with Gasteiger partial charge in [0.05, 0.1) is 15.7 Å². The Morgan fingerprint density at radius 2 is 1.83 bits per heavy atom.